The average molecular weight is 363 g/mol. The summed E-state index contributed by atoms with van der Waals surface area (Å²) in [6.45, 7) is 7.70. The molecule has 146 valence electrons. The molecule has 4 heteroatoms. The molecule has 0 aromatic carbocycles. The van der Waals surface area contributed by atoms with Gasteiger partial charge in [-0.1, -0.05) is 91.4 Å². The first kappa shape index (κ1) is 24.1. The van der Waals surface area contributed by atoms with Crippen LogP contribution in [0.4, 0.5) is 0 Å². The second-order valence-electron chi connectivity index (χ2n) is 6.89. The van der Waals surface area contributed by atoms with E-state index in [1.807, 2.05) is 0 Å². The molecule has 0 rings (SSSR count). The van der Waals surface area contributed by atoms with Gasteiger partial charge in [0.2, 0.25) is 0 Å². The van der Waals surface area contributed by atoms with Crippen molar-refractivity contribution >= 4 is 7.60 Å². The van der Waals surface area contributed by atoms with Gasteiger partial charge in [-0.15, -0.1) is 0 Å². The highest BCUT2D eigenvalue weighted by atomic mass is 31.2. The first-order chi connectivity index (χ1) is 11.7. The van der Waals surface area contributed by atoms with Crippen LogP contribution in [0.5, 0.6) is 0 Å². The predicted molar refractivity (Wildman–Crippen MR) is 106 cm³/mol. The van der Waals surface area contributed by atoms with E-state index in [1.54, 1.807) is 0 Å². The molecule has 3 nitrogen and oxygen atoms in total. The van der Waals surface area contributed by atoms with Crippen molar-refractivity contribution in [1.29, 1.82) is 0 Å². The minimum Gasteiger partial charge on any atom is -0.309 e. The molecule has 0 saturated heterocycles. The van der Waals surface area contributed by atoms with Crippen molar-refractivity contribution in [3.05, 3.63) is 0 Å². The molecule has 1 unspecified atom stereocenters. The summed E-state index contributed by atoms with van der Waals surface area (Å²) in [5.74, 6) is 0. The van der Waals surface area contributed by atoms with Gasteiger partial charge in [-0.3, -0.25) is 4.57 Å². The fourth-order valence-electron chi connectivity index (χ4n) is 2.69. The molecule has 0 N–H and O–H groups in total. The van der Waals surface area contributed by atoms with Gasteiger partial charge in [0.05, 0.1) is 19.4 Å². The van der Waals surface area contributed by atoms with Crippen molar-refractivity contribution in [2.24, 2.45) is 0 Å². The Morgan fingerprint density at radius 3 is 1.42 bits per heavy atom. The number of unbranched alkanes of at least 4 members (excludes halogenated alkanes) is 11. The van der Waals surface area contributed by atoms with Crippen molar-refractivity contribution in [3.8, 4) is 0 Å². The lowest BCUT2D eigenvalue weighted by Crippen LogP contribution is -2.03. The van der Waals surface area contributed by atoms with Crippen LogP contribution >= 0.6 is 7.60 Å². The van der Waals surface area contributed by atoms with Crippen molar-refractivity contribution in [2.75, 3.05) is 19.4 Å². The topological polar surface area (TPSA) is 35.5 Å². The summed E-state index contributed by atoms with van der Waals surface area (Å²) >= 11 is 0. The molecule has 0 saturated carbocycles. The maximum atomic E-state index is 12.7. The molecular weight excluding hydrogens is 319 g/mol. The minimum atomic E-state index is -2.85. The molecule has 0 amide bonds. The summed E-state index contributed by atoms with van der Waals surface area (Å²) in [4.78, 5) is 0. The zero-order valence-corrected chi connectivity index (χ0v) is 17.6. The smallest absolute Gasteiger partial charge is 0.309 e. The Balaban J connectivity index is 3.71. The zero-order valence-electron chi connectivity index (χ0n) is 16.7. The highest BCUT2D eigenvalue weighted by Gasteiger charge is 2.23. The molecule has 0 aliphatic carbocycles. The Labute approximate surface area is 151 Å². The summed E-state index contributed by atoms with van der Waals surface area (Å²) in [6.07, 6.45) is 17.4. The maximum absolute atomic E-state index is 12.7. The molecule has 0 spiro atoms. The summed E-state index contributed by atoms with van der Waals surface area (Å²) in [7, 11) is -2.85. The van der Waals surface area contributed by atoms with Crippen LogP contribution in [-0.4, -0.2) is 19.4 Å². The van der Waals surface area contributed by atoms with E-state index in [-0.39, 0.29) is 0 Å². The SMILES string of the molecule is CCCCCCCCCCCOP(=O)(CCCC)OCCCCC. The average Bonchev–Trinajstić information content (AvgIpc) is 2.59. The monoisotopic (exact) mass is 362 g/mol. The second-order valence-corrected chi connectivity index (χ2v) is 9.08. The standard InChI is InChI=1S/C20H43O3P/c1-4-7-10-11-12-13-14-15-17-19-23-24(21,20-9-6-3)22-18-16-8-5-2/h4-20H2,1-3H3. The van der Waals surface area contributed by atoms with Crippen LogP contribution in [0.2, 0.25) is 0 Å². The van der Waals surface area contributed by atoms with Crippen LogP contribution < -0.4 is 0 Å². The van der Waals surface area contributed by atoms with E-state index >= 15 is 0 Å². The molecule has 0 aromatic rings. The van der Waals surface area contributed by atoms with E-state index in [2.05, 4.69) is 20.8 Å². The quantitative estimate of drug-likeness (QED) is 0.174. The molecule has 24 heavy (non-hydrogen) atoms. The third kappa shape index (κ3) is 15.7. The first-order valence-electron chi connectivity index (χ1n) is 10.6. The Kier molecular flexibility index (Phi) is 18.1. The Morgan fingerprint density at radius 1 is 0.542 bits per heavy atom. The largest absolute Gasteiger partial charge is 0.330 e. The van der Waals surface area contributed by atoms with Gasteiger partial charge in [0.1, 0.15) is 0 Å². The highest BCUT2D eigenvalue weighted by molar-refractivity contribution is 7.53. The third-order valence-corrected chi connectivity index (χ3v) is 6.37. The lowest BCUT2D eigenvalue weighted by molar-refractivity contribution is 0.197. The van der Waals surface area contributed by atoms with E-state index in [4.69, 9.17) is 9.05 Å². The number of hydrogen-bond acceptors (Lipinski definition) is 3. The van der Waals surface area contributed by atoms with Crippen molar-refractivity contribution in [3.63, 3.8) is 0 Å². The Bertz CT molecular complexity index is 295. The van der Waals surface area contributed by atoms with Crippen LogP contribution in [0.3, 0.4) is 0 Å². The summed E-state index contributed by atoms with van der Waals surface area (Å²) in [5.41, 5.74) is 0. The first-order valence-corrected chi connectivity index (χ1v) is 12.3. The second kappa shape index (κ2) is 18.0. The fraction of sp³-hybridized carbons (Fsp3) is 1.00. The maximum Gasteiger partial charge on any atom is 0.330 e. The van der Waals surface area contributed by atoms with Gasteiger partial charge in [0, 0.05) is 0 Å². The molecule has 0 heterocycles. The molecule has 0 radical (unpaired) electrons. The van der Waals surface area contributed by atoms with Gasteiger partial charge in [0.15, 0.2) is 0 Å². The van der Waals surface area contributed by atoms with E-state index < -0.39 is 7.60 Å². The molecular formula is C20H43O3P. The van der Waals surface area contributed by atoms with Crippen LogP contribution in [0.25, 0.3) is 0 Å². The van der Waals surface area contributed by atoms with Gasteiger partial charge in [-0.25, -0.2) is 0 Å². The van der Waals surface area contributed by atoms with Crippen molar-refractivity contribution in [2.45, 2.75) is 111 Å². The van der Waals surface area contributed by atoms with Crippen LogP contribution in [-0.2, 0) is 13.6 Å². The molecule has 0 aromatic heterocycles. The summed E-state index contributed by atoms with van der Waals surface area (Å²) in [6, 6.07) is 0. The van der Waals surface area contributed by atoms with Crippen LogP contribution in [0.15, 0.2) is 0 Å². The number of rotatable bonds is 19. The molecule has 0 fully saturated rings. The highest BCUT2D eigenvalue weighted by Crippen LogP contribution is 2.49. The molecule has 1 atom stereocenters. The van der Waals surface area contributed by atoms with E-state index in [0.717, 1.165) is 38.5 Å². The predicted octanol–water partition coefficient (Wildman–Crippen LogP) is 7.73. The number of hydrogen-bond donors (Lipinski definition) is 0. The van der Waals surface area contributed by atoms with Gasteiger partial charge < -0.3 is 9.05 Å². The molecule has 0 aliphatic rings. The molecule has 0 bridgehead atoms. The van der Waals surface area contributed by atoms with E-state index in [0.29, 0.717) is 19.4 Å². The van der Waals surface area contributed by atoms with Gasteiger partial charge in [0.25, 0.3) is 0 Å². The zero-order chi connectivity index (χ0) is 17.9. The lowest BCUT2D eigenvalue weighted by Gasteiger charge is -2.18. The van der Waals surface area contributed by atoms with Gasteiger partial charge in [-0.2, -0.15) is 0 Å². The minimum absolute atomic E-state index is 0.576. The van der Waals surface area contributed by atoms with E-state index in [1.165, 1.54) is 51.4 Å². The lowest BCUT2D eigenvalue weighted by atomic mass is 10.1. The van der Waals surface area contributed by atoms with Crippen LogP contribution in [0.1, 0.15) is 111 Å². The summed E-state index contributed by atoms with van der Waals surface area (Å²) < 4.78 is 24.1. The third-order valence-electron chi connectivity index (χ3n) is 4.36. The Hall–Kier alpha value is 0.150. The van der Waals surface area contributed by atoms with E-state index in [9.17, 15) is 4.57 Å². The molecule has 0 aliphatic heterocycles. The Morgan fingerprint density at radius 2 is 0.917 bits per heavy atom. The van der Waals surface area contributed by atoms with Crippen molar-refractivity contribution in [1.82, 2.24) is 0 Å². The van der Waals surface area contributed by atoms with Crippen LogP contribution in [0, 0.1) is 0 Å². The van der Waals surface area contributed by atoms with Gasteiger partial charge in [-0.05, 0) is 19.3 Å². The summed E-state index contributed by atoms with van der Waals surface area (Å²) in [5, 5.41) is 0. The van der Waals surface area contributed by atoms with Gasteiger partial charge >= 0.3 is 7.60 Å². The fourth-order valence-corrected chi connectivity index (χ4v) is 4.54. The normalized spacial score (nSPS) is 14.0. The van der Waals surface area contributed by atoms with Crippen molar-refractivity contribution < 1.29 is 13.6 Å².